The Kier molecular flexibility index (Phi) is 17.9. The van der Waals surface area contributed by atoms with Crippen molar-refractivity contribution in [2.24, 2.45) is 0 Å². The van der Waals surface area contributed by atoms with Gasteiger partial charge in [-0.1, -0.05) is 11.6 Å². The molecule has 14 heteroatoms. The summed E-state index contributed by atoms with van der Waals surface area (Å²) in [7, 11) is 1.28. The first kappa shape index (κ1) is 33.9. The SMILES string of the molecule is CCO.CCOC(=O)c1cnc(C)cn1.CCOC(=O)c1cnc(C)cn1.COC(=O)c1cnc(Cl)cn1. The maximum Gasteiger partial charge on any atom is 0.358 e. The molecule has 13 nitrogen and oxygen atoms in total. The highest BCUT2D eigenvalue weighted by atomic mass is 35.5. The predicted molar refractivity (Wildman–Crippen MR) is 137 cm³/mol. The summed E-state index contributed by atoms with van der Waals surface area (Å²) >= 11 is 5.43. The largest absolute Gasteiger partial charge is 0.464 e. The van der Waals surface area contributed by atoms with Gasteiger partial charge < -0.3 is 19.3 Å². The molecule has 0 aromatic carbocycles. The van der Waals surface area contributed by atoms with Crippen LogP contribution in [0.4, 0.5) is 0 Å². The van der Waals surface area contributed by atoms with Gasteiger partial charge in [0, 0.05) is 19.0 Å². The molecular weight excluding hydrogens is 520 g/mol. The molecule has 3 rings (SSSR count). The van der Waals surface area contributed by atoms with Crippen LogP contribution in [-0.4, -0.2) is 79.8 Å². The number of aliphatic hydroxyl groups excluding tert-OH is 1. The molecule has 0 spiro atoms. The van der Waals surface area contributed by atoms with Crippen molar-refractivity contribution >= 4 is 29.5 Å². The number of nitrogens with zero attached hydrogens (tertiary/aromatic N) is 6. The Labute approximate surface area is 225 Å². The number of halogens is 1. The van der Waals surface area contributed by atoms with Crippen LogP contribution in [0.1, 0.15) is 63.6 Å². The fourth-order valence-electron chi connectivity index (χ4n) is 1.93. The zero-order valence-corrected chi connectivity index (χ0v) is 22.8. The Bertz CT molecular complexity index is 1040. The molecule has 0 fully saturated rings. The smallest absolute Gasteiger partial charge is 0.358 e. The van der Waals surface area contributed by atoms with Gasteiger partial charge in [-0.2, -0.15) is 0 Å². The molecule has 1 N–H and O–H groups in total. The van der Waals surface area contributed by atoms with Crippen LogP contribution in [0.3, 0.4) is 0 Å². The highest BCUT2D eigenvalue weighted by molar-refractivity contribution is 6.29. The molecule has 0 bridgehead atoms. The lowest BCUT2D eigenvalue weighted by Gasteiger charge is -1.99. The van der Waals surface area contributed by atoms with E-state index >= 15 is 0 Å². The molecule has 3 aromatic rings. The fourth-order valence-corrected chi connectivity index (χ4v) is 2.03. The van der Waals surface area contributed by atoms with Gasteiger partial charge in [0.2, 0.25) is 0 Å². The second kappa shape index (κ2) is 20.0. The highest BCUT2D eigenvalue weighted by Crippen LogP contribution is 2.01. The minimum absolute atomic E-state index is 0.150. The third-order valence-electron chi connectivity index (χ3n) is 3.55. The third-order valence-corrected chi connectivity index (χ3v) is 3.74. The first-order valence-corrected chi connectivity index (χ1v) is 11.6. The van der Waals surface area contributed by atoms with E-state index < -0.39 is 17.9 Å². The molecule has 3 heterocycles. The van der Waals surface area contributed by atoms with Gasteiger partial charge in [-0.15, -0.1) is 0 Å². The zero-order valence-electron chi connectivity index (χ0n) is 22.0. The van der Waals surface area contributed by atoms with Crippen LogP contribution >= 0.6 is 11.6 Å². The summed E-state index contributed by atoms with van der Waals surface area (Å²) in [6.45, 7) is 9.76. The van der Waals surface area contributed by atoms with Crippen LogP contribution in [0, 0.1) is 13.8 Å². The summed E-state index contributed by atoms with van der Waals surface area (Å²) in [6, 6.07) is 0. The molecule has 0 unspecified atom stereocenters. The van der Waals surface area contributed by atoms with Crippen LogP contribution in [-0.2, 0) is 14.2 Å². The number of aryl methyl sites for hydroxylation is 2. The Hall–Kier alpha value is -4.10. The lowest BCUT2D eigenvalue weighted by Crippen LogP contribution is -2.07. The van der Waals surface area contributed by atoms with Crippen molar-refractivity contribution in [2.75, 3.05) is 26.9 Å². The first-order chi connectivity index (χ1) is 18.1. The van der Waals surface area contributed by atoms with E-state index in [2.05, 4.69) is 34.6 Å². The summed E-state index contributed by atoms with van der Waals surface area (Å²) in [6.07, 6.45) is 8.43. The van der Waals surface area contributed by atoms with Gasteiger partial charge in [-0.05, 0) is 34.6 Å². The Morgan fingerprint density at radius 3 is 1.34 bits per heavy atom. The third kappa shape index (κ3) is 14.5. The van der Waals surface area contributed by atoms with Crippen molar-refractivity contribution in [1.82, 2.24) is 29.9 Å². The van der Waals surface area contributed by atoms with E-state index in [1.807, 2.05) is 13.8 Å². The highest BCUT2D eigenvalue weighted by Gasteiger charge is 2.08. The van der Waals surface area contributed by atoms with Crippen LogP contribution < -0.4 is 0 Å². The number of hydrogen-bond donors (Lipinski definition) is 1. The second-order valence-electron chi connectivity index (χ2n) is 6.56. The minimum atomic E-state index is -0.519. The van der Waals surface area contributed by atoms with Gasteiger partial charge in [0.15, 0.2) is 17.1 Å². The number of aromatic nitrogens is 6. The maximum absolute atomic E-state index is 11.0. The minimum Gasteiger partial charge on any atom is -0.464 e. The van der Waals surface area contributed by atoms with E-state index in [4.69, 9.17) is 26.2 Å². The van der Waals surface area contributed by atoms with Crippen molar-refractivity contribution in [3.8, 4) is 0 Å². The van der Waals surface area contributed by atoms with Crippen molar-refractivity contribution in [3.05, 3.63) is 70.8 Å². The molecule has 3 aromatic heterocycles. The van der Waals surface area contributed by atoms with Gasteiger partial charge in [0.05, 0.1) is 56.5 Å². The standard InChI is InChI=1S/2C8H10N2O2.C6H5ClN2O2.C2H6O/c2*1-3-12-8(11)7-5-9-6(2)4-10-7;1-11-6(10)4-2-9-5(7)3-8-4;1-2-3/h2*4-5H,3H2,1-2H3;2-3H,1H3;3H,2H2,1H3. The molecule has 38 heavy (non-hydrogen) atoms. The number of esters is 3. The lowest BCUT2D eigenvalue weighted by molar-refractivity contribution is 0.0509. The summed E-state index contributed by atoms with van der Waals surface area (Å²) in [4.78, 5) is 55.7. The van der Waals surface area contributed by atoms with Crippen LogP contribution in [0.15, 0.2) is 37.2 Å². The average molecular weight is 551 g/mol. The monoisotopic (exact) mass is 550 g/mol. The number of hydrogen-bond acceptors (Lipinski definition) is 13. The first-order valence-electron chi connectivity index (χ1n) is 11.2. The molecule has 0 saturated carbocycles. The Balaban J connectivity index is 0.000000513. The second-order valence-corrected chi connectivity index (χ2v) is 6.95. The summed E-state index contributed by atoms with van der Waals surface area (Å²) in [5, 5.41) is 7.82. The normalized spacial score (nSPS) is 9.16. The Morgan fingerprint density at radius 1 is 0.684 bits per heavy atom. The summed E-state index contributed by atoms with van der Waals surface area (Å²) < 4.78 is 13.8. The number of methoxy groups -OCH3 is 1. The number of carbonyl (C=O) groups excluding carboxylic acids is 3. The quantitative estimate of drug-likeness (QED) is 0.362. The summed E-state index contributed by atoms with van der Waals surface area (Å²) in [5.41, 5.74) is 2.22. The number of rotatable bonds is 5. The van der Waals surface area contributed by atoms with Crippen LogP contribution in [0.25, 0.3) is 0 Å². The van der Waals surface area contributed by atoms with Gasteiger partial charge >= 0.3 is 17.9 Å². The van der Waals surface area contributed by atoms with Crippen molar-refractivity contribution < 1.29 is 33.7 Å². The van der Waals surface area contributed by atoms with Crippen molar-refractivity contribution in [1.29, 1.82) is 0 Å². The molecule has 0 aliphatic carbocycles. The molecule has 206 valence electrons. The van der Waals surface area contributed by atoms with Crippen molar-refractivity contribution in [2.45, 2.75) is 34.6 Å². The van der Waals surface area contributed by atoms with Gasteiger partial charge in [-0.3, -0.25) is 9.97 Å². The number of aliphatic hydroxyl groups is 1. The number of carbonyl (C=O) groups is 3. The van der Waals surface area contributed by atoms with E-state index in [1.54, 1.807) is 20.8 Å². The topological polar surface area (TPSA) is 176 Å². The molecule has 0 amide bonds. The van der Waals surface area contributed by atoms with Crippen molar-refractivity contribution in [3.63, 3.8) is 0 Å². The van der Waals surface area contributed by atoms with E-state index in [0.29, 0.717) is 13.2 Å². The van der Waals surface area contributed by atoms with Gasteiger partial charge in [0.25, 0.3) is 0 Å². The fraction of sp³-hybridized carbons (Fsp3) is 0.375. The van der Waals surface area contributed by atoms with Crippen LogP contribution in [0.2, 0.25) is 5.15 Å². The average Bonchev–Trinajstić information content (AvgIpc) is 2.91. The zero-order chi connectivity index (χ0) is 28.9. The number of ether oxygens (including phenoxy) is 3. The van der Waals surface area contributed by atoms with E-state index in [0.717, 1.165) is 11.4 Å². The van der Waals surface area contributed by atoms with Gasteiger partial charge in [-0.25, -0.2) is 34.3 Å². The molecule has 0 saturated heterocycles. The predicted octanol–water partition coefficient (Wildman–Crippen LogP) is 2.84. The molecule has 0 atom stereocenters. The molecule has 0 aliphatic rings. The van der Waals surface area contributed by atoms with E-state index in [1.165, 1.54) is 44.3 Å². The lowest BCUT2D eigenvalue weighted by atomic mass is 10.4. The van der Waals surface area contributed by atoms with Crippen LogP contribution in [0.5, 0.6) is 0 Å². The summed E-state index contributed by atoms with van der Waals surface area (Å²) in [5.74, 6) is -1.37. The molecular formula is C24H31ClN6O7. The van der Waals surface area contributed by atoms with E-state index in [-0.39, 0.29) is 28.8 Å². The molecule has 0 aliphatic heterocycles. The van der Waals surface area contributed by atoms with Gasteiger partial charge in [0.1, 0.15) is 5.15 Å². The molecule has 0 radical (unpaired) electrons. The maximum atomic E-state index is 11.0. The van der Waals surface area contributed by atoms with E-state index in [9.17, 15) is 14.4 Å². The Morgan fingerprint density at radius 2 is 1.05 bits per heavy atom.